The molecule has 0 amide bonds. The Morgan fingerprint density at radius 3 is 2.88 bits per heavy atom. The highest BCUT2D eigenvalue weighted by molar-refractivity contribution is 5.76. The second kappa shape index (κ2) is 4.02. The second-order valence-corrected chi connectivity index (χ2v) is 3.68. The average Bonchev–Trinajstić information content (AvgIpc) is 2.62. The molecule has 0 fully saturated rings. The molecule has 0 radical (unpaired) electrons. The zero-order valence-corrected chi connectivity index (χ0v) is 8.99. The Balaban J connectivity index is 2.73. The summed E-state index contributed by atoms with van der Waals surface area (Å²) in [4.78, 5) is 21.6. The van der Waals surface area contributed by atoms with E-state index in [1.165, 1.54) is 22.8 Å². The molecule has 1 atom stereocenters. The summed E-state index contributed by atoms with van der Waals surface area (Å²) in [5.41, 5.74) is 0.448. The fourth-order valence-corrected chi connectivity index (χ4v) is 1.63. The van der Waals surface area contributed by atoms with Crippen molar-refractivity contribution in [2.45, 2.75) is 13.0 Å². The summed E-state index contributed by atoms with van der Waals surface area (Å²) in [6, 6.07) is 3.40. The fourth-order valence-electron chi connectivity index (χ4n) is 1.63. The Hall–Kier alpha value is -2.15. The molecule has 17 heavy (non-hydrogen) atoms. The van der Waals surface area contributed by atoms with Gasteiger partial charge in [-0.2, -0.15) is 0 Å². The van der Waals surface area contributed by atoms with Crippen LogP contribution in [0.25, 0.3) is 11.1 Å². The molecular weight excluding hydrogens is 228 g/mol. The van der Waals surface area contributed by atoms with Crippen molar-refractivity contribution >= 4 is 16.8 Å². The van der Waals surface area contributed by atoms with Gasteiger partial charge in [0.1, 0.15) is 0 Å². The van der Waals surface area contributed by atoms with Crippen molar-refractivity contribution in [3.05, 3.63) is 38.9 Å². The van der Waals surface area contributed by atoms with Gasteiger partial charge in [0, 0.05) is 12.1 Å². The van der Waals surface area contributed by atoms with E-state index in [0.29, 0.717) is 5.52 Å². The third kappa shape index (κ3) is 1.80. The van der Waals surface area contributed by atoms with Crippen molar-refractivity contribution < 1.29 is 14.4 Å². The van der Waals surface area contributed by atoms with Gasteiger partial charge in [0.05, 0.1) is 23.1 Å². The number of nitro groups is 1. The fraction of sp³-hybridized carbons (Fsp3) is 0.300. The van der Waals surface area contributed by atoms with Crippen molar-refractivity contribution in [1.29, 1.82) is 0 Å². The molecule has 0 saturated heterocycles. The van der Waals surface area contributed by atoms with Gasteiger partial charge in [-0.15, -0.1) is 0 Å². The summed E-state index contributed by atoms with van der Waals surface area (Å²) in [7, 11) is 0. The minimum Gasteiger partial charge on any atom is -0.408 e. The number of hydrogen-bond acceptors (Lipinski definition) is 5. The summed E-state index contributed by atoms with van der Waals surface area (Å²) in [5, 5.41) is 19.7. The van der Waals surface area contributed by atoms with Gasteiger partial charge in [-0.05, 0) is 13.0 Å². The average molecular weight is 238 g/mol. The third-order valence-corrected chi connectivity index (χ3v) is 2.51. The maximum atomic E-state index is 11.5. The molecule has 1 N–H and O–H groups in total. The number of nitrogens with zero attached hydrogens (tertiary/aromatic N) is 2. The Bertz CT molecular complexity index is 627. The molecule has 7 nitrogen and oxygen atoms in total. The van der Waals surface area contributed by atoms with Crippen LogP contribution in [0.3, 0.4) is 0 Å². The minimum atomic E-state index is -0.637. The molecule has 0 spiro atoms. The lowest BCUT2D eigenvalue weighted by molar-refractivity contribution is -0.384. The summed E-state index contributed by atoms with van der Waals surface area (Å²) >= 11 is 0. The molecule has 1 aromatic carbocycles. The van der Waals surface area contributed by atoms with Crippen LogP contribution in [0.1, 0.15) is 13.0 Å². The molecule has 0 bridgehead atoms. The summed E-state index contributed by atoms with van der Waals surface area (Å²) in [5.74, 6) is -0.637. The molecular formula is C10H10N2O5. The first kappa shape index (κ1) is 11.3. The largest absolute Gasteiger partial charge is 0.420 e. The Morgan fingerprint density at radius 1 is 1.59 bits per heavy atom. The van der Waals surface area contributed by atoms with Crippen molar-refractivity contribution in [2.75, 3.05) is 6.61 Å². The van der Waals surface area contributed by atoms with Crippen LogP contribution in [0.15, 0.2) is 27.4 Å². The van der Waals surface area contributed by atoms with Crippen molar-refractivity contribution in [3.8, 4) is 0 Å². The molecule has 90 valence electrons. The number of rotatable bonds is 3. The molecule has 2 aromatic rings. The van der Waals surface area contributed by atoms with Crippen LogP contribution in [0.2, 0.25) is 0 Å². The highest BCUT2D eigenvalue weighted by Gasteiger charge is 2.17. The summed E-state index contributed by atoms with van der Waals surface area (Å²) in [6.45, 7) is 1.37. The van der Waals surface area contributed by atoms with Crippen LogP contribution in [0, 0.1) is 10.1 Å². The Kier molecular flexibility index (Phi) is 2.68. The van der Waals surface area contributed by atoms with Crippen LogP contribution >= 0.6 is 0 Å². The monoisotopic (exact) mass is 238 g/mol. The summed E-state index contributed by atoms with van der Waals surface area (Å²) in [6.07, 6.45) is 0. The van der Waals surface area contributed by atoms with E-state index >= 15 is 0 Å². The van der Waals surface area contributed by atoms with E-state index in [1.807, 2.05) is 0 Å². The number of hydrogen-bond donors (Lipinski definition) is 1. The smallest absolute Gasteiger partial charge is 0.408 e. The van der Waals surface area contributed by atoms with Gasteiger partial charge in [0.25, 0.3) is 5.69 Å². The van der Waals surface area contributed by atoms with Gasteiger partial charge in [0.15, 0.2) is 5.58 Å². The molecule has 1 heterocycles. The number of oxazole rings is 1. The quantitative estimate of drug-likeness (QED) is 0.636. The van der Waals surface area contributed by atoms with E-state index in [9.17, 15) is 14.9 Å². The molecule has 2 rings (SSSR count). The van der Waals surface area contributed by atoms with Crippen LogP contribution in [0.5, 0.6) is 0 Å². The van der Waals surface area contributed by atoms with Gasteiger partial charge in [-0.1, -0.05) is 0 Å². The first-order valence-electron chi connectivity index (χ1n) is 4.95. The number of benzene rings is 1. The van der Waals surface area contributed by atoms with Gasteiger partial charge in [0.2, 0.25) is 0 Å². The van der Waals surface area contributed by atoms with Gasteiger partial charge in [-0.3, -0.25) is 14.7 Å². The normalized spacial score (nSPS) is 12.8. The number of aliphatic hydroxyl groups is 1. The molecule has 0 saturated carbocycles. The van der Waals surface area contributed by atoms with Gasteiger partial charge >= 0.3 is 5.76 Å². The van der Waals surface area contributed by atoms with E-state index in [2.05, 4.69) is 0 Å². The van der Waals surface area contributed by atoms with E-state index in [-0.39, 0.29) is 17.9 Å². The van der Waals surface area contributed by atoms with Crippen molar-refractivity contribution in [3.63, 3.8) is 0 Å². The van der Waals surface area contributed by atoms with Gasteiger partial charge in [-0.25, -0.2) is 4.79 Å². The van der Waals surface area contributed by atoms with Crippen LogP contribution in [-0.4, -0.2) is 21.2 Å². The Labute approximate surface area is 95.0 Å². The number of non-ortho nitro benzene ring substituents is 1. The maximum Gasteiger partial charge on any atom is 0.420 e. The first-order valence-corrected chi connectivity index (χ1v) is 4.95. The predicted molar refractivity (Wildman–Crippen MR) is 58.9 cm³/mol. The molecule has 1 unspecified atom stereocenters. The maximum absolute atomic E-state index is 11.5. The zero-order valence-electron chi connectivity index (χ0n) is 8.99. The minimum absolute atomic E-state index is 0.128. The number of fused-ring (bicyclic) bond motifs is 1. The van der Waals surface area contributed by atoms with Crippen molar-refractivity contribution in [1.82, 2.24) is 4.57 Å². The molecule has 0 aliphatic heterocycles. The number of nitro benzene ring substituents is 1. The highest BCUT2D eigenvalue weighted by Crippen LogP contribution is 2.22. The lowest BCUT2D eigenvalue weighted by Crippen LogP contribution is -2.20. The Morgan fingerprint density at radius 2 is 2.29 bits per heavy atom. The van der Waals surface area contributed by atoms with E-state index in [0.717, 1.165) is 0 Å². The SMILES string of the molecule is CC(CO)n1c(=O)oc2ccc([N+](=O)[O-])cc21. The predicted octanol–water partition coefficient (Wildman–Crippen LogP) is 1.06. The topological polar surface area (TPSA) is 98.5 Å². The third-order valence-electron chi connectivity index (χ3n) is 2.51. The van der Waals surface area contributed by atoms with E-state index in [4.69, 9.17) is 9.52 Å². The number of aliphatic hydroxyl groups excluding tert-OH is 1. The lowest BCUT2D eigenvalue weighted by atomic mass is 10.2. The van der Waals surface area contributed by atoms with Crippen LogP contribution in [-0.2, 0) is 0 Å². The number of aromatic nitrogens is 1. The molecule has 0 aliphatic rings. The summed E-state index contributed by atoms with van der Waals surface area (Å²) < 4.78 is 6.13. The zero-order chi connectivity index (χ0) is 12.6. The van der Waals surface area contributed by atoms with Crippen molar-refractivity contribution in [2.24, 2.45) is 0 Å². The standard InChI is InChI=1S/C10H10N2O5/c1-6(5-13)11-8-4-7(12(15)16)2-3-9(8)17-10(11)14/h2-4,6,13H,5H2,1H3. The van der Waals surface area contributed by atoms with E-state index < -0.39 is 16.7 Å². The van der Waals surface area contributed by atoms with Gasteiger partial charge < -0.3 is 9.52 Å². The second-order valence-electron chi connectivity index (χ2n) is 3.68. The highest BCUT2D eigenvalue weighted by atomic mass is 16.6. The van der Waals surface area contributed by atoms with Crippen LogP contribution in [0.4, 0.5) is 5.69 Å². The first-order chi connectivity index (χ1) is 8.04. The van der Waals surface area contributed by atoms with Crippen LogP contribution < -0.4 is 5.76 Å². The van der Waals surface area contributed by atoms with E-state index in [1.54, 1.807) is 6.92 Å². The molecule has 7 heteroatoms. The molecule has 0 aliphatic carbocycles. The lowest BCUT2D eigenvalue weighted by Gasteiger charge is -2.07. The molecule has 1 aromatic heterocycles.